The zero-order valence-corrected chi connectivity index (χ0v) is 20.0. The van der Waals surface area contributed by atoms with Gasteiger partial charge in [0.15, 0.2) is 17.3 Å². The quantitative estimate of drug-likeness (QED) is 0.252. The Morgan fingerprint density at radius 1 is 1.20 bits per heavy atom. The number of Topliss-reactive ketones (excluding diaryl/α,β-unsaturated/α-hetero) is 2. The zero-order valence-electron chi connectivity index (χ0n) is 20.0. The fourth-order valence-electron chi connectivity index (χ4n) is 3.96. The van der Waals surface area contributed by atoms with Gasteiger partial charge in [0.25, 0.3) is 0 Å². The maximum absolute atomic E-state index is 13.8. The molecule has 8 nitrogen and oxygen atoms in total. The number of nitrogens with zero attached hydrogens (tertiary/aromatic N) is 3. The molecule has 2 aromatic heterocycles. The maximum Gasteiger partial charge on any atom is 0.435 e. The van der Waals surface area contributed by atoms with Crippen molar-refractivity contribution in [1.82, 2.24) is 14.8 Å². The van der Waals surface area contributed by atoms with Gasteiger partial charge in [-0.1, -0.05) is 13.8 Å². The van der Waals surface area contributed by atoms with Crippen molar-refractivity contribution in [3.63, 3.8) is 0 Å². The fraction of sp³-hybridized carbons (Fsp3) is 0.500. The van der Waals surface area contributed by atoms with E-state index in [4.69, 9.17) is 9.47 Å². The van der Waals surface area contributed by atoms with E-state index < -0.39 is 45.7 Å². The van der Waals surface area contributed by atoms with Crippen LogP contribution >= 0.6 is 0 Å². The van der Waals surface area contributed by atoms with Gasteiger partial charge in [-0.3, -0.25) is 19.3 Å². The lowest BCUT2D eigenvalue weighted by Crippen LogP contribution is -2.32. The SMILES string of the molecule is COCCCOc1ccnc(Cn2cc(C(O)=C3C(=O)CC(C)(C)CC3=O)c(C(F)(F)F)n2)c1C. The van der Waals surface area contributed by atoms with Gasteiger partial charge in [-0.05, 0) is 18.4 Å². The van der Waals surface area contributed by atoms with Crippen LogP contribution in [0.4, 0.5) is 13.2 Å². The number of allylic oxidation sites excluding steroid dienone is 1. The van der Waals surface area contributed by atoms with Crippen LogP contribution in [-0.2, 0) is 27.0 Å². The van der Waals surface area contributed by atoms with E-state index in [-0.39, 0.29) is 19.4 Å². The van der Waals surface area contributed by atoms with Gasteiger partial charge in [-0.25, -0.2) is 0 Å². The first kappa shape index (κ1) is 26.4. The number of alkyl halides is 3. The highest BCUT2D eigenvalue weighted by Gasteiger charge is 2.42. The second kappa shape index (κ2) is 10.2. The minimum absolute atomic E-state index is 0.0616. The van der Waals surface area contributed by atoms with Gasteiger partial charge < -0.3 is 14.6 Å². The number of methoxy groups -OCH3 is 1. The summed E-state index contributed by atoms with van der Waals surface area (Å²) in [7, 11) is 1.58. The first-order valence-electron chi connectivity index (χ1n) is 11.0. The molecular formula is C24H28F3N3O5. The van der Waals surface area contributed by atoms with E-state index in [2.05, 4.69) is 10.1 Å². The van der Waals surface area contributed by atoms with Crippen LogP contribution in [0.1, 0.15) is 55.6 Å². The van der Waals surface area contributed by atoms with Crippen LogP contribution < -0.4 is 4.74 Å². The lowest BCUT2D eigenvalue weighted by atomic mass is 9.73. The Bertz CT molecular complexity index is 1130. The number of rotatable bonds is 8. The highest BCUT2D eigenvalue weighted by Crippen LogP contribution is 2.39. The molecule has 35 heavy (non-hydrogen) atoms. The average Bonchev–Trinajstić information content (AvgIpc) is 3.16. The van der Waals surface area contributed by atoms with Gasteiger partial charge in [0.05, 0.1) is 24.4 Å². The van der Waals surface area contributed by atoms with E-state index in [0.717, 1.165) is 10.9 Å². The minimum Gasteiger partial charge on any atom is -0.506 e. The van der Waals surface area contributed by atoms with Gasteiger partial charge >= 0.3 is 6.18 Å². The van der Waals surface area contributed by atoms with Crippen molar-refractivity contribution in [2.24, 2.45) is 5.41 Å². The Kier molecular flexibility index (Phi) is 7.68. The third-order valence-electron chi connectivity index (χ3n) is 5.68. The lowest BCUT2D eigenvalue weighted by molar-refractivity contribution is -0.142. The summed E-state index contributed by atoms with van der Waals surface area (Å²) in [6, 6.07) is 1.65. The van der Waals surface area contributed by atoms with Crippen LogP contribution in [0.5, 0.6) is 5.75 Å². The monoisotopic (exact) mass is 495 g/mol. The van der Waals surface area contributed by atoms with E-state index in [9.17, 15) is 27.9 Å². The molecule has 1 N–H and O–H groups in total. The van der Waals surface area contributed by atoms with Crippen LogP contribution in [0, 0.1) is 12.3 Å². The zero-order chi connectivity index (χ0) is 26.0. The van der Waals surface area contributed by atoms with Gasteiger partial charge in [0, 0.05) is 50.9 Å². The molecule has 0 spiro atoms. The highest BCUT2D eigenvalue weighted by atomic mass is 19.4. The van der Waals surface area contributed by atoms with Crippen molar-refractivity contribution in [2.45, 2.75) is 52.8 Å². The first-order valence-corrected chi connectivity index (χ1v) is 11.0. The van der Waals surface area contributed by atoms with Crippen molar-refractivity contribution in [3.05, 3.63) is 46.5 Å². The van der Waals surface area contributed by atoms with E-state index in [1.165, 1.54) is 6.20 Å². The van der Waals surface area contributed by atoms with Crippen LogP contribution in [0.2, 0.25) is 0 Å². The van der Waals surface area contributed by atoms with Crippen molar-refractivity contribution in [2.75, 3.05) is 20.3 Å². The number of hydrogen-bond donors (Lipinski definition) is 1. The molecule has 2 heterocycles. The number of aliphatic hydroxyl groups is 1. The summed E-state index contributed by atoms with van der Waals surface area (Å²) in [6.45, 7) is 5.91. The molecule has 11 heteroatoms. The second-order valence-electron chi connectivity index (χ2n) is 9.25. The molecule has 0 bridgehead atoms. The molecule has 1 fully saturated rings. The molecule has 3 rings (SSSR count). The number of aliphatic hydroxyl groups excluding tert-OH is 1. The topological polar surface area (TPSA) is 104 Å². The molecule has 0 saturated heterocycles. The molecule has 0 aliphatic heterocycles. The highest BCUT2D eigenvalue weighted by molar-refractivity contribution is 6.26. The predicted octanol–water partition coefficient (Wildman–Crippen LogP) is 4.30. The van der Waals surface area contributed by atoms with Gasteiger partial charge in [0.2, 0.25) is 0 Å². The Labute approximate surface area is 200 Å². The summed E-state index contributed by atoms with van der Waals surface area (Å²) in [5, 5.41) is 14.3. The average molecular weight is 495 g/mol. The van der Waals surface area contributed by atoms with Crippen LogP contribution in [0.15, 0.2) is 24.0 Å². The molecular weight excluding hydrogens is 467 g/mol. The fourth-order valence-corrected chi connectivity index (χ4v) is 3.96. The molecule has 0 radical (unpaired) electrons. The largest absolute Gasteiger partial charge is 0.506 e. The smallest absolute Gasteiger partial charge is 0.435 e. The second-order valence-corrected chi connectivity index (χ2v) is 9.25. The minimum atomic E-state index is -4.93. The third-order valence-corrected chi connectivity index (χ3v) is 5.68. The van der Waals surface area contributed by atoms with Crippen molar-refractivity contribution < 1.29 is 37.3 Å². The number of pyridine rings is 1. The summed E-state index contributed by atoms with van der Waals surface area (Å²) >= 11 is 0. The number of hydrogen-bond acceptors (Lipinski definition) is 7. The number of halogens is 3. The molecule has 1 aliphatic carbocycles. The molecule has 0 amide bonds. The maximum atomic E-state index is 13.8. The molecule has 1 aliphatic rings. The molecule has 190 valence electrons. The van der Waals surface area contributed by atoms with E-state index in [1.807, 2.05) is 0 Å². The van der Waals surface area contributed by atoms with Crippen molar-refractivity contribution in [1.29, 1.82) is 0 Å². The van der Waals surface area contributed by atoms with Gasteiger partial charge in [-0.15, -0.1) is 0 Å². The van der Waals surface area contributed by atoms with E-state index >= 15 is 0 Å². The van der Waals surface area contributed by atoms with Gasteiger partial charge in [0.1, 0.15) is 17.1 Å². The van der Waals surface area contributed by atoms with E-state index in [1.54, 1.807) is 33.9 Å². The summed E-state index contributed by atoms with van der Waals surface area (Å²) < 4.78 is 53.0. The lowest BCUT2D eigenvalue weighted by Gasteiger charge is -2.28. The van der Waals surface area contributed by atoms with Crippen LogP contribution in [-0.4, -0.2) is 51.8 Å². The Hall–Kier alpha value is -3.21. The van der Waals surface area contributed by atoms with Crippen molar-refractivity contribution in [3.8, 4) is 5.75 Å². The Morgan fingerprint density at radius 3 is 2.46 bits per heavy atom. The number of aromatic nitrogens is 3. The molecule has 2 aromatic rings. The summed E-state index contributed by atoms with van der Waals surface area (Å²) in [5.74, 6) is -1.87. The predicted molar refractivity (Wildman–Crippen MR) is 120 cm³/mol. The first-order chi connectivity index (χ1) is 16.3. The molecule has 1 saturated carbocycles. The standard InChI is InChI=1S/C24H28F3N3O5/c1-14-16(28-7-6-19(14)35-9-5-8-34-4)13-30-12-15(22(29-30)24(25,26)27)21(33)20-17(31)10-23(2,3)11-18(20)32/h6-7,12,33H,5,8-11,13H2,1-4H3. The summed E-state index contributed by atoms with van der Waals surface area (Å²) in [6.07, 6.45) is -1.94. The third kappa shape index (κ3) is 6.08. The van der Waals surface area contributed by atoms with Crippen molar-refractivity contribution >= 4 is 17.3 Å². The number of carbonyl (C=O) groups is 2. The number of carbonyl (C=O) groups excluding carboxylic acids is 2. The number of ketones is 2. The normalized spacial score (nSPS) is 16.0. The van der Waals surface area contributed by atoms with E-state index in [0.29, 0.717) is 36.6 Å². The van der Waals surface area contributed by atoms with Crippen LogP contribution in [0.25, 0.3) is 5.76 Å². The number of ether oxygens (including phenoxy) is 2. The Balaban J connectivity index is 1.96. The molecule has 0 atom stereocenters. The summed E-state index contributed by atoms with van der Waals surface area (Å²) in [4.78, 5) is 29.3. The van der Waals surface area contributed by atoms with Gasteiger partial charge in [-0.2, -0.15) is 18.3 Å². The Morgan fingerprint density at radius 2 is 1.86 bits per heavy atom. The molecule has 0 unspecified atom stereocenters. The summed E-state index contributed by atoms with van der Waals surface area (Å²) in [5.41, 5.74) is -2.32. The van der Waals surface area contributed by atoms with Crippen LogP contribution in [0.3, 0.4) is 0 Å². The molecule has 0 aromatic carbocycles.